The Morgan fingerprint density at radius 3 is 2.48 bits per heavy atom. The van der Waals surface area contributed by atoms with Crippen molar-refractivity contribution in [1.82, 2.24) is 15.5 Å². The quantitative estimate of drug-likeness (QED) is 0.512. The molecular weight excluding hydrogens is 368 g/mol. The molecular formula is C22H36N4O3. The third-order valence-electron chi connectivity index (χ3n) is 6.00. The number of nitrogens with zero attached hydrogens (tertiary/aromatic N) is 2. The van der Waals surface area contributed by atoms with Gasteiger partial charge in [-0.25, -0.2) is 4.99 Å². The van der Waals surface area contributed by atoms with E-state index in [9.17, 15) is 0 Å². The Bertz CT molecular complexity index is 668. The van der Waals surface area contributed by atoms with Crippen molar-refractivity contribution in [3.63, 3.8) is 0 Å². The van der Waals surface area contributed by atoms with Crippen LogP contribution in [0.4, 0.5) is 0 Å². The van der Waals surface area contributed by atoms with Gasteiger partial charge in [-0.3, -0.25) is 4.90 Å². The van der Waals surface area contributed by atoms with Crippen molar-refractivity contribution in [1.29, 1.82) is 0 Å². The SMILES string of the molecule is CCNC(=NCc1ccc(OC)c(OC)c1)NCC1(N2CCCC2)CCOCC1. The van der Waals surface area contributed by atoms with E-state index >= 15 is 0 Å². The summed E-state index contributed by atoms with van der Waals surface area (Å²) in [7, 11) is 3.30. The maximum atomic E-state index is 5.66. The van der Waals surface area contributed by atoms with E-state index in [-0.39, 0.29) is 5.54 Å². The highest BCUT2D eigenvalue weighted by Crippen LogP contribution is 2.31. The molecule has 29 heavy (non-hydrogen) atoms. The van der Waals surface area contributed by atoms with Crippen molar-refractivity contribution in [2.75, 3.05) is 53.6 Å². The molecule has 2 saturated heterocycles. The second-order valence-corrected chi connectivity index (χ2v) is 7.77. The van der Waals surface area contributed by atoms with Crippen LogP contribution in [-0.2, 0) is 11.3 Å². The molecule has 7 nitrogen and oxygen atoms in total. The van der Waals surface area contributed by atoms with Crippen molar-refractivity contribution in [3.05, 3.63) is 23.8 Å². The van der Waals surface area contributed by atoms with E-state index in [1.165, 1.54) is 25.9 Å². The monoisotopic (exact) mass is 404 g/mol. The first-order valence-corrected chi connectivity index (χ1v) is 10.8. The molecule has 2 aliphatic rings. The number of methoxy groups -OCH3 is 2. The minimum Gasteiger partial charge on any atom is -0.493 e. The lowest BCUT2D eigenvalue weighted by atomic mass is 9.88. The molecule has 0 atom stereocenters. The molecule has 1 aromatic carbocycles. The number of nitrogens with one attached hydrogen (secondary N) is 2. The summed E-state index contributed by atoms with van der Waals surface area (Å²) in [5.41, 5.74) is 1.26. The van der Waals surface area contributed by atoms with Crippen LogP contribution in [0.5, 0.6) is 11.5 Å². The minimum atomic E-state index is 0.175. The van der Waals surface area contributed by atoms with Crippen LogP contribution in [-0.4, -0.2) is 70.0 Å². The van der Waals surface area contributed by atoms with Gasteiger partial charge in [-0.1, -0.05) is 6.07 Å². The van der Waals surface area contributed by atoms with Gasteiger partial charge in [0, 0.05) is 31.8 Å². The van der Waals surface area contributed by atoms with E-state index in [0.717, 1.165) is 62.2 Å². The zero-order valence-electron chi connectivity index (χ0n) is 18.1. The fourth-order valence-electron chi connectivity index (χ4n) is 4.29. The number of benzene rings is 1. The second-order valence-electron chi connectivity index (χ2n) is 7.77. The number of hydrogen-bond acceptors (Lipinski definition) is 5. The fourth-order valence-corrected chi connectivity index (χ4v) is 4.29. The normalized spacial score (nSPS) is 19.8. The Kier molecular flexibility index (Phi) is 8.00. The highest BCUT2D eigenvalue weighted by atomic mass is 16.5. The molecule has 7 heteroatoms. The van der Waals surface area contributed by atoms with Crippen LogP contribution in [0, 0.1) is 0 Å². The molecule has 0 unspecified atom stereocenters. The van der Waals surface area contributed by atoms with Gasteiger partial charge in [0.05, 0.1) is 20.8 Å². The topological polar surface area (TPSA) is 67.4 Å². The van der Waals surface area contributed by atoms with Crippen LogP contribution in [0.2, 0.25) is 0 Å². The molecule has 2 fully saturated rings. The van der Waals surface area contributed by atoms with Crippen molar-refractivity contribution >= 4 is 5.96 Å². The second kappa shape index (κ2) is 10.7. The number of ether oxygens (including phenoxy) is 3. The molecule has 2 N–H and O–H groups in total. The third kappa shape index (κ3) is 5.54. The van der Waals surface area contributed by atoms with Crippen LogP contribution in [0.3, 0.4) is 0 Å². The maximum absolute atomic E-state index is 5.66. The summed E-state index contributed by atoms with van der Waals surface area (Å²) in [6, 6.07) is 5.93. The van der Waals surface area contributed by atoms with Gasteiger partial charge in [0.2, 0.25) is 0 Å². The molecule has 162 valence electrons. The van der Waals surface area contributed by atoms with Gasteiger partial charge < -0.3 is 24.8 Å². The minimum absolute atomic E-state index is 0.175. The average Bonchev–Trinajstić information content (AvgIpc) is 3.32. The fraction of sp³-hybridized carbons (Fsp3) is 0.682. The van der Waals surface area contributed by atoms with Crippen LogP contribution >= 0.6 is 0 Å². The van der Waals surface area contributed by atoms with Crippen molar-refractivity contribution in [2.45, 2.75) is 44.7 Å². The molecule has 0 aromatic heterocycles. The van der Waals surface area contributed by atoms with E-state index in [4.69, 9.17) is 19.2 Å². The number of likely N-dealkylation sites (tertiary alicyclic amines) is 1. The van der Waals surface area contributed by atoms with Crippen LogP contribution in [0.15, 0.2) is 23.2 Å². The third-order valence-corrected chi connectivity index (χ3v) is 6.00. The number of rotatable bonds is 8. The van der Waals surface area contributed by atoms with E-state index < -0.39 is 0 Å². The molecule has 2 heterocycles. The Balaban J connectivity index is 1.67. The van der Waals surface area contributed by atoms with Gasteiger partial charge in [-0.2, -0.15) is 0 Å². The van der Waals surface area contributed by atoms with Crippen molar-refractivity contribution < 1.29 is 14.2 Å². The van der Waals surface area contributed by atoms with Gasteiger partial charge >= 0.3 is 0 Å². The first-order valence-electron chi connectivity index (χ1n) is 10.8. The predicted octanol–water partition coefficient (Wildman–Crippen LogP) is 2.40. The number of hydrogen-bond donors (Lipinski definition) is 2. The maximum Gasteiger partial charge on any atom is 0.191 e. The lowest BCUT2D eigenvalue weighted by Gasteiger charge is -2.45. The van der Waals surface area contributed by atoms with Gasteiger partial charge in [0.1, 0.15) is 0 Å². The Morgan fingerprint density at radius 1 is 1.10 bits per heavy atom. The summed E-state index contributed by atoms with van der Waals surface area (Å²) in [6.45, 7) is 8.48. The van der Waals surface area contributed by atoms with E-state index in [2.05, 4.69) is 22.5 Å². The zero-order valence-corrected chi connectivity index (χ0v) is 18.1. The molecule has 1 aromatic rings. The molecule has 0 amide bonds. The lowest BCUT2D eigenvalue weighted by molar-refractivity contribution is -0.0164. The summed E-state index contributed by atoms with van der Waals surface area (Å²) >= 11 is 0. The zero-order chi connectivity index (χ0) is 20.5. The molecule has 0 saturated carbocycles. The van der Waals surface area contributed by atoms with Gasteiger partial charge in [0.25, 0.3) is 0 Å². The van der Waals surface area contributed by atoms with E-state index in [1.807, 2.05) is 18.2 Å². The molecule has 0 spiro atoms. The highest BCUT2D eigenvalue weighted by molar-refractivity contribution is 5.79. The molecule has 0 aliphatic carbocycles. The number of guanidine groups is 1. The van der Waals surface area contributed by atoms with Gasteiger partial charge in [-0.05, 0) is 63.4 Å². The van der Waals surface area contributed by atoms with Crippen LogP contribution < -0.4 is 20.1 Å². The van der Waals surface area contributed by atoms with E-state index in [0.29, 0.717) is 6.54 Å². The predicted molar refractivity (Wildman–Crippen MR) is 116 cm³/mol. The summed E-state index contributed by atoms with van der Waals surface area (Å²) in [5.74, 6) is 2.32. The molecule has 0 bridgehead atoms. The molecule has 0 radical (unpaired) electrons. The van der Waals surface area contributed by atoms with E-state index in [1.54, 1.807) is 14.2 Å². The largest absolute Gasteiger partial charge is 0.493 e. The lowest BCUT2D eigenvalue weighted by Crippen LogP contribution is -2.58. The first-order chi connectivity index (χ1) is 14.2. The Morgan fingerprint density at radius 2 is 1.83 bits per heavy atom. The van der Waals surface area contributed by atoms with Crippen LogP contribution in [0.1, 0.15) is 38.2 Å². The average molecular weight is 405 g/mol. The summed E-state index contributed by atoms with van der Waals surface area (Å²) in [5, 5.41) is 7.00. The Hall–Kier alpha value is -1.99. The molecule has 3 rings (SSSR count). The standard InChI is InChI=1S/C22H36N4O3/c1-4-23-21(24-16-18-7-8-19(27-2)20(15-18)28-3)25-17-22(9-13-29-14-10-22)26-11-5-6-12-26/h7-8,15H,4-6,9-14,16-17H2,1-3H3,(H2,23,24,25). The first kappa shape index (κ1) is 21.7. The van der Waals surface area contributed by atoms with Crippen LogP contribution in [0.25, 0.3) is 0 Å². The Labute approximate surface area is 174 Å². The van der Waals surface area contributed by atoms with Crippen molar-refractivity contribution in [2.24, 2.45) is 4.99 Å². The summed E-state index contributed by atoms with van der Waals surface area (Å²) in [4.78, 5) is 7.47. The summed E-state index contributed by atoms with van der Waals surface area (Å²) < 4.78 is 16.4. The molecule has 2 aliphatic heterocycles. The number of aliphatic imine (C=N–C) groups is 1. The summed E-state index contributed by atoms with van der Waals surface area (Å²) in [6.07, 6.45) is 4.76. The van der Waals surface area contributed by atoms with Gasteiger partial charge in [0.15, 0.2) is 17.5 Å². The smallest absolute Gasteiger partial charge is 0.191 e. The van der Waals surface area contributed by atoms with Gasteiger partial charge in [-0.15, -0.1) is 0 Å². The van der Waals surface area contributed by atoms with Crippen molar-refractivity contribution in [3.8, 4) is 11.5 Å². The highest BCUT2D eigenvalue weighted by Gasteiger charge is 2.39.